The Morgan fingerprint density at radius 3 is 2.96 bits per heavy atom. The van der Waals surface area contributed by atoms with Crippen LogP contribution in [0.1, 0.15) is 0 Å². The number of nitrogens with zero attached hydrogens (tertiary/aromatic N) is 3. The SMILES string of the molecule is O=C(Cn1c2[n+](c3ccccc31)C[C@@H](O)CS2)N1CCOCC1. The summed E-state index contributed by atoms with van der Waals surface area (Å²) in [6.07, 6.45) is -0.341. The van der Waals surface area contributed by atoms with E-state index in [-0.39, 0.29) is 12.0 Å². The Kier molecular flexibility index (Phi) is 4.00. The predicted octanol–water partition coefficient (Wildman–Crippen LogP) is 0.254. The van der Waals surface area contributed by atoms with Crippen LogP contribution in [0, 0.1) is 0 Å². The van der Waals surface area contributed by atoms with Gasteiger partial charge in [0.1, 0.15) is 12.6 Å². The molecule has 0 saturated carbocycles. The first-order valence-corrected chi connectivity index (χ1v) is 8.90. The molecule has 0 spiro atoms. The average molecular weight is 334 g/mol. The minimum Gasteiger partial charge on any atom is -0.388 e. The summed E-state index contributed by atoms with van der Waals surface area (Å²) in [5, 5.41) is 11.0. The van der Waals surface area contributed by atoms with E-state index in [9.17, 15) is 9.90 Å². The van der Waals surface area contributed by atoms with E-state index in [2.05, 4.69) is 9.13 Å². The quantitative estimate of drug-likeness (QED) is 0.800. The fraction of sp³-hybridized carbons (Fsp3) is 0.500. The number of imidazole rings is 1. The highest BCUT2D eigenvalue weighted by Gasteiger charge is 2.33. The number of fused-ring (bicyclic) bond motifs is 3. The maximum atomic E-state index is 12.6. The summed E-state index contributed by atoms with van der Waals surface area (Å²) in [7, 11) is 0. The van der Waals surface area contributed by atoms with E-state index in [1.54, 1.807) is 11.8 Å². The molecule has 7 heteroatoms. The molecule has 1 aromatic heterocycles. The summed E-state index contributed by atoms with van der Waals surface area (Å²) in [5.74, 6) is 0.798. The standard InChI is InChI=1S/C16H20N3O3S/c20-12-9-18-13-3-1-2-4-14(13)19(16(18)23-11-12)10-15(21)17-5-7-22-8-6-17/h1-4,12,20H,5-11H2/q+1/t12-/m1/s1. The number of aromatic nitrogens is 2. The van der Waals surface area contributed by atoms with Gasteiger partial charge in [0.05, 0.1) is 13.2 Å². The summed E-state index contributed by atoms with van der Waals surface area (Å²) < 4.78 is 9.53. The number of thioether (sulfide) groups is 1. The van der Waals surface area contributed by atoms with Crippen LogP contribution in [0.3, 0.4) is 0 Å². The number of aliphatic hydroxyl groups is 1. The zero-order chi connectivity index (χ0) is 15.8. The highest BCUT2D eigenvalue weighted by Crippen LogP contribution is 2.26. The molecule has 23 heavy (non-hydrogen) atoms. The van der Waals surface area contributed by atoms with Gasteiger partial charge >= 0.3 is 5.16 Å². The molecule has 122 valence electrons. The average Bonchev–Trinajstić information content (AvgIpc) is 2.89. The lowest BCUT2D eigenvalue weighted by atomic mass is 10.3. The number of hydrogen-bond donors (Lipinski definition) is 1. The lowest BCUT2D eigenvalue weighted by Gasteiger charge is -2.26. The molecule has 1 atom stereocenters. The maximum Gasteiger partial charge on any atom is 0.319 e. The van der Waals surface area contributed by atoms with E-state index < -0.39 is 0 Å². The Bertz CT molecular complexity index is 739. The summed E-state index contributed by atoms with van der Waals surface area (Å²) in [6.45, 7) is 3.49. The Morgan fingerprint density at radius 1 is 1.35 bits per heavy atom. The van der Waals surface area contributed by atoms with Crippen molar-refractivity contribution in [1.82, 2.24) is 9.47 Å². The zero-order valence-electron chi connectivity index (χ0n) is 12.9. The van der Waals surface area contributed by atoms with Crippen LogP contribution in [0.5, 0.6) is 0 Å². The molecule has 1 aromatic carbocycles. The highest BCUT2D eigenvalue weighted by molar-refractivity contribution is 7.99. The molecular weight excluding hydrogens is 314 g/mol. The number of para-hydroxylation sites is 2. The lowest BCUT2D eigenvalue weighted by Crippen LogP contribution is -2.46. The van der Waals surface area contributed by atoms with Crippen LogP contribution in [-0.4, -0.2) is 58.6 Å². The minimum absolute atomic E-state index is 0.129. The maximum absolute atomic E-state index is 12.6. The number of amides is 1. The van der Waals surface area contributed by atoms with Crippen molar-refractivity contribution in [1.29, 1.82) is 0 Å². The molecule has 1 amide bonds. The first kappa shape index (κ1) is 15.0. The third-order valence-corrected chi connectivity index (χ3v) is 5.63. The molecule has 1 N–H and O–H groups in total. The van der Waals surface area contributed by atoms with E-state index in [4.69, 9.17) is 4.74 Å². The number of benzene rings is 1. The van der Waals surface area contributed by atoms with Crippen LogP contribution in [0.15, 0.2) is 29.4 Å². The van der Waals surface area contributed by atoms with Crippen molar-refractivity contribution >= 4 is 28.7 Å². The van der Waals surface area contributed by atoms with Gasteiger partial charge in [-0.2, -0.15) is 0 Å². The van der Waals surface area contributed by atoms with Gasteiger partial charge in [-0.25, -0.2) is 9.13 Å². The summed E-state index contributed by atoms with van der Waals surface area (Å²) in [5.41, 5.74) is 2.12. The van der Waals surface area contributed by atoms with Crippen molar-refractivity contribution in [3.63, 3.8) is 0 Å². The van der Waals surface area contributed by atoms with Crippen molar-refractivity contribution in [3.05, 3.63) is 24.3 Å². The fourth-order valence-corrected chi connectivity index (χ4v) is 4.33. The van der Waals surface area contributed by atoms with Gasteiger partial charge in [-0.05, 0) is 23.9 Å². The van der Waals surface area contributed by atoms with Gasteiger partial charge < -0.3 is 14.7 Å². The molecule has 0 aliphatic carbocycles. The fourth-order valence-electron chi connectivity index (χ4n) is 3.24. The van der Waals surface area contributed by atoms with Crippen molar-refractivity contribution in [2.45, 2.75) is 24.3 Å². The topological polar surface area (TPSA) is 58.6 Å². The van der Waals surface area contributed by atoms with Gasteiger partial charge in [0.2, 0.25) is 0 Å². The molecule has 2 aliphatic heterocycles. The van der Waals surface area contributed by atoms with E-state index in [1.165, 1.54) is 0 Å². The van der Waals surface area contributed by atoms with E-state index >= 15 is 0 Å². The molecule has 2 aromatic rings. The minimum atomic E-state index is -0.341. The Hall–Kier alpha value is -1.57. The van der Waals surface area contributed by atoms with Crippen molar-refractivity contribution in [2.75, 3.05) is 32.1 Å². The van der Waals surface area contributed by atoms with Crippen LogP contribution in [0.2, 0.25) is 0 Å². The number of carbonyl (C=O) groups excluding carboxylic acids is 1. The number of carbonyl (C=O) groups is 1. The van der Waals surface area contributed by atoms with Crippen molar-refractivity contribution in [2.24, 2.45) is 0 Å². The Balaban J connectivity index is 1.70. The predicted molar refractivity (Wildman–Crippen MR) is 86.3 cm³/mol. The summed E-state index contributed by atoms with van der Waals surface area (Å²) in [6, 6.07) is 8.08. The first-order valence-electron chi connectivity index (χ1n) is 7.91. The number of aliphatic hydroxyl groups excluding tert-OH is 1. The second-order valence-electron chi connectivity index (χ2n) is 5.93. The largest absolute Gasteiger partial charge is 0.388 e. The van der Waals surface area contributed by atoms with Gasteiger partial charge in [-0.15, -0.1) is 0 Å². The first-order chi connectivity index (χ1) is 11.2. The van der Waals surface area contributed by atoms with Gasteiger partial charge in [0.25, 0.3) is 5.91 Å². The molecule has 6 nitrogen and oxygen atoms in total. The molecule has 1 saturated heterocycles. The van der Waals surface area contributed by atoms with Crippen LogP contribution in [0.4, 0.5) is 0 Å². The molecule has 4 rings (SSSR count). The van der Waals surface area contributed by atoms with Crippen LogP contribution >= 0.6 is 11.8 Å². The molecule has 2 aliphatic rings. The van der Waals surface area contributed by atoms with E-state index in [0.29, 0.717) is 45.1 Å². The van der Waals surface area contributed by atoms with Crippen LogP contribution in [-0.2, 0) is 22.6 Å². The molecule has 0 bridgehead atoms. The number of hydrogen-bond acceptors (Lipinski definition) is 4. The van der Waals surface area contributed by atoms with E-state index in [1.807, 2.05) is 29.2 Å². The Labute approximate surface area is 138 Å². The monoisotopic (exact) mass is 334 g/mol. The van der Waals surface area contributed by atoms with Gasteiger partial charge in [0.15, 0.2) is 17.6 Å². The van der Waals surface area contributed by atoms with Crippen LogP contribution in [0.25, 0.3) is 11.0 Å². The van der Waals surface area contributed by atoms with Crippen molar-refractivity contribution in [3.8, 4) is 0 Å². The molecule has 1 fully saturated rings. The number of rotatable bonds is 2. The third-order valence-electron chi connectivity index (χ3n) is 4.38. The lowest BCUT2D eigenvalue weighted by molar-refractivity contribution is -0.717. The highest BCUT2D eigenvalue weighted by atomic mass is 32.2. The molecule has 3 heterocycles. The number of morpholine rings is 1. The second-order valence-corrected chi connectivity index (χ2v) is 6.91. The van der Waals surface area contributed by atoms with Gasteiger partial charge in [-0.1, -0.05) is 12.1 Å². The van der Waals surface area contributed by atoms with Crippen molar-refractivity contribution < 1.29 is 19.2 Å². The number of ether oxygens (including phenoxy) is 1. The second kappa shape index (κ2) is 6.14. The normalized spacial score (nSPS) is 21.4. The van der Waals surface area contributed by atoms with E-state index in [0.717, 1.165) is 16.2 Å². The summed E-state index contributed by atoms with van der Waals surface area (Å²) in [4.78, 5) is 14.5. The van der Waals surface area contributed by atoms with Gasteiger partial charge in [-0.3, -0.25) is 4.79 Å². The van der Waals surface area contributed by atoms with Crippen LogP contribution < -0.4 is 4.57 Å². The zero-order valence-corrected chi connectivity index (χ0v) is 13.7. The van der Waals surface area contributed by atoms with Gasteiger partial charge in [0, 0.05) is 18.8 Å². The summed E-state index contributed by atoms with van der Waals surface area (Å²) >= 11 is 1.62. The molecule has 0 radical (unpaired) electrons. The Morgan fingerprint density at radius 2 is 2.13 bits per heavy atom. The molecular formula is C16H20N3O3S+. The third kappa shape index (κ3) is 2.73. The smallest absolute Gasteiger partial charge is 0.319 e. The molecule has 0 unspecified atom stereocenters.